The number of hydrogen-bond acceptors (Lipinski definition) is 2. The normalized spacial score (nSPS) is 12.5. The van der Waals surface area contributed by atoms with E-state index in [1.54, 1.807) is 0 Å². The molecule has 0 saturated carbocycles. The highest BCUT2D eigenvalue weighted by Gasteiger charge is 2.22. The SMILES string of the molecule is CC(C)(C)c1ccc2c(c1)c1cc(C(C)(C)C)ccc1n2-c1ccn2c(-c3ccccc3)c(-c3ccccc3)nc2n1. The Hall–Kier alpha value is -4.70. The van der Waals surface area contributed by atoms with E-state index in [1.807, 2.05) is 12.1 Å². The fraction of sp³-hybridized carbons (Fsp3) is 0.211. The van der Waals surface area contributed by atoms with Gasteiger partial charge in [0.2, 0.25) is 5.78 Å². The van der Waals surface area contributed by atoms with E-state index in [-0.39, 0.29) is 10.8 Å². The van der Waals surface area contributed by atoms with Gasteiger partial charge in [-0.25, -0.2) is 4.98 Å². The summed E-state index contributed by atoms with van der Waals surface area (Å²) in [6.07, 6.45) is 2.12. The van der Waals surface area contributed by atoms with Gasteiger partial charge in [0.05, 0.1) is 22.4 Å². The third kappa shape index (κ3) is 4.30. The average molecular weight is 549 g/mol. The third-order valence-corrected chi connectivity index (χ3v) is 8.30. The minimum Gasteiger partial charge on any atom is -0.294 e. The molecule has 0 bridgehead atoms. The van der Waals surface area contributed by atoms with Gasteiger partial charge >= 0.3 is 0 Å². The molecule has 0 spiro atoms. The minimum absolute atomic E-state index is 0.0545. The Morgan fingerprint density at radius 3 is 1.60 bits per heavy atom. The first kappa shape index (κ1) is 26.2. The van der Waals surface area contributed by atoms with Gasteiger partial charge in [0.25, 0.3) is 0 Å². The van der Waals surface area contributed by atoms with Crippen LogP contribution in [0.5, 0.6) is 0 Å². The van der Waals surface area contributed by atoms with Gasteiger partial charge in [-0.05, 0) is 52.3 Å². The van der Waals surface area contributed by atoms with Gasteiger partial charge in [-0.3, -0.25) is 8.97 Å². The van der Waals surface area contributed by atoms with E-state index >= 15 is 0 Å². The average Bonchev–Trinajstić information content (AvgIpc) is 3.52. The number of hydrogen-bond donors (Lipinski definition) is 0. The lowest BCUT2D eigenvalue weighted by Gasteiger charge is -2.19. The van der Waals surface area contributed by atoms with E-state index in [0.29, 0.717) is 5.78 Å². The van der Waals surface area contributed by atoms with Gasteiger partial charge in [-0.2, -0.15) is 4.98 Å². The summed E-state index contributed by atoms with van der Waals surface area (Å²) in [6, 6.07) is 36.7. The van der Waals surface area contributed by atoms with Gasteiger partial charge in [0.15, 0.2) is 0 Å². The third-order valence-electron chi connectivity index (χ3n) is 8.30. The molecule has 4 heteroatoms. The Morgan fingerprint density at radius 1 is 0.548 bits per heavy atom. The van der Waals surface area contributed by atoms with Crippen LogP contribution in [0.4, 0.5) is 0 Å². The van der Waals surface area contributed by atoms with Crippen molar-refractivity contribution in [3.8, 4) is 28.3 Å². The Balaban J connectivity index is 1.51. The number of imidazole rings is 1. The minimum atomic E-state index is 0.0545. The van der Waals surface area contributed by atoms with Crippen molar-refractivity contribution in [1.82, 2.24) is 18.9 Å². The smallest absolute Gasteiger partial charge is 0.236 e. The summed E-state index contributed by atoms with van der Waals surface area (Å²) in [5.74, 6) is 1.54. The van der Waals surface area contributed by atoms with E-state index < -0.39 is 0 Å². The highest BCUT2D eigenvalue weighted by Crippen LogP contribution is 2.38. The van der Waals surface area contributed by atoms with Crippen LogP contribution in [0.15, 0.2) is 109 Å². The quantitative estimate of drug-likeness (QED) is 0.220. The molecule has 0 aliphatic rings. The van der Waals surface area contributed by atoms with E-state index in [1.165, 1.54) is 21.9 Å². The lowest BCUT2D eigenvalue weighted by atomic mass is 9.85. The molecule has 3 heterocycles. The zero-order valence-electron chi connectivity index (χ0n) is 25.2. The molecule has 0 aliphatic carbocycles. The molecule has 0 fully saturated rings. The van der Waals surface area contributed by atoms with Crippen LogP contribution in [0.3, 0.4) is 0 Å². The molecule has 4 aromatic carbocycles. The van der Waals surface area contributed by atoms with Gasteiger partial charge in [0.1, 0.15) is 5.82 Å². The molecule has 4 nitrogen and oxygen atoms in total. The second-order valence-electron chi connectivity index (χ2n) is 13.3. The van der Waals surface area contributed by atoms with Gasteiger partial charge in [-0.15, -0.1) is 0 Å². The van der Waals surface area contributed by atoms with Crippen LogP contribution in [0.25, 0.3) is 55.9 Å². The zero-order chi connectivity index (χ0) is 29.2. The second-order valence-corrected chi connectivity index (χ2v) is 13.3. The Kier molecular flexibility index (Phi) is 5.88. The summed E-state index contributed by atoms with van der Waals surface area (Å²) in [5.41, 5.74) is 9.22. The Bertz CT molecular complexity index is 2010. The van der Waals surface area contributed by atoms with E-state index in [4.69, 9.17) is 9.97 Å². The highest BCUT2D eigenvalue weighted by molar-refractivity contribution is 6.09. The molecule has 0 N–H and O–H groups in total. The largest absolute Gasteiger partial charge is 0.294 e. The van der Waals surface area contributed by atoms with Crippen molar-refractivity contribution in [2.45, 2.75) is 52.4 Å². The molecule has 208 valence electrons. The first-order valence-corrected chi connectivity index (χ1v) is 14.7. The van der Waals surface area contributed by atoms with Crippen molar-refractivity contribution in [2.75, 3.05) is 0 Å². The molecule has 0 aliphatic heterocycles. The molecule has 0 amide bonds. The predicted octanol–water partition coefficient (Wildman–Crippen LogP) is 9.76. The van der Waals surface area contributed by atoms with Crippen molar-refractivity contribution in [3.05, 3.63) is 120 Å². The first-order chi connectivity index (χ1) is 20.1. The predicted molar refractivity (Wildman–Crippen MR) is 176 cm³/mol. The second kappa shape index (κ2) is 9.42. The van der Waals surface area contributed by atoms with Crippen LogP contribution in [0.2, 0.25) is 0 Å². The monoisotopic (exact) mass is 548 g/mol. The van der Waals surface area contributed by atoms with Gasteiger partial charge < -0.3 is 0 Å². The maximum absolute atomic E-state index is 5.21. The molecule has 7 rings (SSSR count). The fourth-order valence-corrected chi connectivity index (χ4v) is 5.92. The number of rotatable bonds is 3. The van der Waals surface area contributed by atoms with Gasteiger partial charge in [-0.1, -0.05) is 114 Å². The number of benzene rings is 4. The maximum Gasteiger partial charge on any atom is 0.236 e. The van der Waals surface area contributed by atoms with Crippen molar-refractivity contribution in [2.24, 2.45) is 0 Å². The van der Waals surface area contributed by atoms with Crippen molar-refractivity contribution < 1.29 is 0 Å². The summed E-state index contributed by atoms with van der Waals surface area (Å²) in [7, 11) is 0. The van der Waals surface area contributed by atoms with Crippen LogP contribution in [-0.4, -0.2) is 18.9 Å². The number of aromatic nitrogens is 4. The zero-order valence-corrected chi connectivity index (χ0v) is 25.2. The molecule has 7 aromatic rings. The summed E-state index contributed by atoms with van der Waals surface area (Å²) in [5, 5.41) is 2.51. The van der Waals surface area contributed by atoms with Crippen molar-refractivity contribution in [3.63, 3.8) is 0 Å². The van der Waals surface area contributed by atoms with Crippen LogP contribution >= 0.6 is 0 Å². The molecule has 0 radical (unpaired) electrons. The highest BCUT2D eigenvalue weighted by atomic mass is 15.2. The summed E-state index contributed by atoms with van der Waals surface area (Å²) in [6.45, 7) is 13.6. The van der Waals surface area contributed by atoms with Crippen LogP contribution in [0, 0.1) is 0 Å². The van der Waals surface area contributed by atoms with Crippen LogP contribution in [0.1, 0.15) is 52.7 Å². The Morgan fingerprint density at radius 2 is 1.07 bits per heavy atom. The standard InChI is InChI=1S/C38H36N4/c1-37(2,3)27-17-19-31-29(23-27)30-24-28(38(4,5)6)18-20-32(30)42(31)33-21-22-41-35(26-15-11-8-12-16-26)34(40-36(41)39-33)25-13-9-7-10-14-25/h7-24H,1-6H3. The summed E-state index contributed by atoms with van der Waals surface area (Å²) in [4.78, 5) is 10.3. The summed E-state index contributed by atoms with van der Waals surface area (Å²) < 4.78 is 4.41. The van der Waals surface area contributed by atoms with Gasteiger partial charge in [0, 0.05) is 28.1 Å². The van der Waals surface area contributed by atoms with E-state index in [0.717, 1.165) is 39.4 Å². The molecule has 3 aromatic heterocycles. The lowest BCUT2D eigenvalue weighted by Crippen LogP contribution is -2.10. The molecule has 0 unspecified atom stereocenters. The first-order valence-electron chi connectivity index (χ1n) is 14.7. The number of nitrogens with zero attached hydrogens (tertiary/aromatic N) is 4. The topological polar surface area (TPSA) is 35.1 Å². The molecule has 0 atom stereocenters. The Labute approximate surface area is 247 Å². The maximum atomic E-state index is 5.21. The fourth-order valence-electron chi connectivity index (χ4n) is 5.92. The molecule has 42 heavy (non-hydrogen) atoms. The number of fused-ring (bicyclic) bond motifs is 4. The van der Waals surface area contributed by atoms with Crippen LogP contribution < -0.4 is 0 Å². The van der Waals surface area contributed by atoms with E-state index in [9.17, 15) is 0 Å². The van der Waals surface area contributed by atoms with Crippen LogP contribution in [-0.2, 0) is 10.8 Å². The summed E-state index contributed by atoms with van der Waals surface area (Å²) >= 11 is 0. The van der Waals surface area contributed by atoms with Crippen molar-refractivity contribution in [1.29, 1.82) is 0 Å². The molecular weight excluding hydrogens is 512 g/mol. The van der Waals surface area contributed by atoms with E-state index in [2.05, 4.69) is 148 Å². The molecular formula is C38H36N4. The van der Waals surface area contributed by atoms with Crippen molar-refractivity contribution >= 4 is 27.6 Å². The lowest BCUT2D eigenvalue weighted by molar-refractivity contribution is 0.590. The molecule has 0 saturated heterocycles.